The molecule has 4 nitrogen and oxygen atoms in total. The first-order chi connectivity index (χ1) is 10.3. The second-order valence-corrected chi connectivity index (χ2v) is 6.55. The van der Waals surface area contributed by atoms with Crippen LogP contribution < -0.4 is 4.89 Å². The molecule has 0 aliphatic carbocycles. The normalized spacial score (nSPS) is 29.3. The molecule has 0 aromatic rings. The van der Waals surface area contributed by atoms with Crippen molar-refractivity contribution in [3.05, 3.63) is 0 Å². The molecule has 23 heavy (non-hydrogen) atoms. The highest BCUT2D eigenvalue weighted by Crippen LogP contribution is 2.51. The lowest BCUT2D eigenvalue weighted by Gasteiger charge is -2.34. The van der Waals surface area contributed by atoms with Gasteiger partial charge in [-0.25, -0.2) is 0 Å². The zero-order valence-electron chi connectivity index (χ0n) is 11.8. The maximum atomic E-state index is 13.4. The van der Waals surface area contributed by atoms with Gasteiger partial charge in [0.05, 0.1) is 12.7 Å². The van der Waals surface area contributed by atoms with Gasteiger partial charge in [0, 0.05) is 6.42 Å². The second-order valence-electron chi connectivity index (χ2n) is 5.19. The van der Waals surface area contributed by atoms with E-state index in [2.05, 4.69) is 9.05 Å². The van der Waals surface area contributed by atoms with Crippen molar-refractivity contribution in [1.29, 1.82) is 0 Å². The first-order valence-electron chi connectivity index (χ1n) is 6.75. The van der Waals surface area contributed by atoms with Crippen molar-refractivity contribution in [3.8, 4) is 0 Å². The molecule has 138 valence electrons. The highest BCUT2D eigenvalue weighted by Gasteiger charge is 2.73. The molecule has 1 heterocycles. The summed E-state index contributed by atoms with van der Waals surface area (Å²) in [6.45, 7) is -0.275. The Hall–Kier alpha value is -0.380. The van der Waals surface area contributed by atoms with Crippen LogP contribution in [0.25, 0.3) is 0 Å². The fourth-order valence-electron chi connectivity index (χ4n) is 2.03. The summed E-state index contributed by atoms with van der Waals surface area (Å²) in [4.78, 5) is 11.4. The Morgan fingerprint density at radius 2 is 1.57 bits per heavy atom. The Bertz CT molecular complexity index is 441. The topological polar surface area (TPSA) is 58.6 Å². The van der Waals surface area contributed by atoms with Gasteiger partial charge in [0.1, 0.15) is 0 Å². The number of hydrogen-bond acceptors (Lipinski definition) is 4. The van der Waals surface area contributed by atoms with E-state index in [1.165, 1.54) is 0 Å². The fraction of sp³-hybridized carbons (Fsp3) is 1.00. The van der Waals surface area contributed by atoms with Gasteiger partial charge >= 0.3 is 18.0 Å². The quantitative estimate of drug-likeness (QED) is 0.552. The minimum absolute atomic E-state index is 0.151. The minimum atomic E-state index is -6.47. The summed E-state index contributed by atoms with van der Waals surface area (Å²) in [6.07, 6.45) is -9.52. The van der Waals surface area contributed by atoms with E-state index in [9.17, 15) is 40.2 Å². The van der Waals surface area contributed by atoms with Crippen LogP contribution in [-0.2, 0) is 13.6 Å². The Morgan fingerprint density at radius 1 is 1.00 bits per heavy atom. The van der Waals surface area contributed by atoms with Crippen LogP contribution in [0.3, 0.4) is 0 Å². The van der Waals surface area contributed by atoms with Gasteiger partial charge in [-0.3, -0.25) is 4.57 Å². The Balaban J connectivity index is 2.90. The molecule has 12 heteroatoms. The summed E-state index contributed by atoms with van der Waals surface area (Å²) in [6, 6.07) is 0. The van der Waals surface area contributed by atoms with Crippen molar-refractivity contribution in [1.82, 2.24) is 0 Å². The second kappa shape index (κ2) is 7.25. The molecule has 0 amide bonds. The number of rotatable bonds is 3. The number of phosphoric acid groups is 1. The van der Waals surface area contributed by atoms with Gasteiger partial charge in [-0.15, -0.1) is 0 Å². The average Bonchev–Trinajstić information content (AvgIpc) is 2.34. The summed E-state index contributed by atoms with van der Waals surface area (Å²) in [5.74, 6) is -11.8. The summed E-state index contributed by atoms with van der Waals surface area (Å²) in [5.41, 5.74) is 0. The molecule has 0 saturated carbocycles. The molecule has 0 spiro atoms. The number of phosphoric ester groups is 1. The predicted molar refractivity (Wildman–Crippen MR) is 62.1 cm³/mol. The smallest absolute Gasteiger partial charge is 0.459 e. The number of halogens is 7. The van der Waals surface area contributed by atoms with Gasteiger partial charge in [0.2, 0.25) is 0 Å². The molecule has 1 aliphatic rings. The number of alkyl halides is 7. The van der Waals surface area contributed by atoms with E-state index in [-0.39, 0.29) is 13.0 Å². The molecule has 1 fully saturated rings. The summed E-state index contributed by atoms with van der Waals surface area (Å²) in [5, 5.41) is 0. The molecule has 1 rings (SSSR count). The van der Waals surface area contributed by atoms with Crippen molar-refractivity contribution in [2.24, 2.45) is 0 Å². The Labute approximate surface area is 127 Å². The van der Waals surface area contributed by atoms with E-state index in [4.69, 9.17) is 0 Å². The standard InChI is InChI=1S/C11H16F7O4P/c12-9(13,10(14,15)11(16,17)18)7-8-5-3-1-2-4-6-21-23(19,20)22-8/h8H,1-7H2,(H,19,20)/p-1. The maximum Gasteiger partial charge on any atom is 0.459 e. The van der Waals surface area contributed by atoms with E-state index in [0.717, 1.165) is 0 Å². The maximum absolute atomic E-state index is 13.4. The third kappa shape index (κ3) is 5.58. The first kappa shape index (κ1) is 20.7. The van der Waals surface area contributed by atoms with Gasteiger partial charge in [0.25, 0.3) is 7.82 Å². The lowest BCUT2D eigenvalue weighted by Crippen LogP contribution is -2.53. The number of hydrogen-bond donors (Lipinski definition) is 0. The van der Waals surface area contributed by atoms with E-state index in [1.807, 2.05) is 0 Å². The summed E-state index contributed by atoms with van der Waals surface area (Å²) in [7, 11) is -5.05. The third-order valence-electron chi connectivity index (χ3n) is 3.25. The van der Waals surface area contributed by atoms with E-state index >= 15 is 0 Å². The van der Waals surface area contributed by atoms with Crippen molar-refractivity contribution in [3.63, 3.8) is 0 Å². The van der Waals surface area contributed by atoms with Gasteiger partial charge in [0.15, 0.2) is 0 Å². The molecule has 0 aromatic heterocycles. The van der Waals surface area contributed by atoms with E-state index in [1.54, 1.807) is 0 Å². The van der Waals surface area contributed by atoms with Crippen LogP contribution in [0.2, 0.25) is 0 Å². The molecule has 1 aliphatic heterocycles. The van der Waals surface area contributed by atoms with Gasteiger partial charge in [-0.05, 0) is 12.8 Å². The molecule has 2 atom stereocenters. The van der Waals surface area contributed by atoms with Gasteiger partial charge < -0.3 is 13.9 Å². The molecule has 0 radical (unpaired) electrons. The lowest BCUT2D eigenvalue weighted by molar-refractivity contribution is -0.358. The summed E-state index contributed by atoms with van der Waals surface area (Å²) >= 11 is 0. The molecule has 0 bridgehead atoms. The van der Waals surface area contributed by atoms with Crippen LogP contribution >= 0.6 is 7.82 Å². The van der Waals surface area contributed by atoms with Crippen molar-refractivity contribution < 1.29 is 49.2 Å². The van der Waals surface area contributed by atoms with E-state index < -0.39 is 44.8 Å². The molecule has 0 N–H and O–H groups in total. The van der Waals surface area contributed by atoms with Crippen LogP contribution in [0, 0.1) is 0 Å². The molecule has 1 saturated heterocycles. The largest absolute Gasteiger partial charge is 0.756 e. The Kier molecular flexibility index (Phi) is 6.51. The lowest BCUT2D eigenvalue weighted by atomic mass is 9.99. The fourth-order valence-corrected chi connectivity index (χ4v) is 2.99. The van der Waals surface area contributed by atoms with Crippen LogP contribution in [0.15, 0.2) is 0 Å². The average molecular weight is 375 g/mol. The predicted octanol–water partition coefficient (Wildman–Crippen LogP) is 4.04. The summed E-state index contributed by atoms with van der Waals surface area (Å²) < 4.78 is 109. The van der Waals surface area contributed by atoms with Gasteiger partial charge in [-0.1, -0.05) is 19.3 Å². The zero-order valence-corrected chi connectivity index (χ0v) is 12.6. The third-order valence-corrected chi connectivity index (χ3v) is 4.30. The molecule has 0 aromatic carbocycles. The molecular formula is C11H15F7O4P-. The zero-order chi connectivity index (χ0) is 17.9. The molecule has 2 unspecified atom stereocenters. The van der Waals surface area contributed by atoms with Crippen molar-refractivity contribution in [2.75, 3.05) is 6.61 Å². The SMILES string of the molecule is O=P1([O-])OCCCCCCC(CC(F)(F)C(F)(F)C(F)(F)F)O1. The highest BCUT2D eigenvalue weighted by molar-refractivity contribution is 7.45. The van der Waals surface area contributed by atoms with Crippen LogP contribution in [0.1, 0.15) is 38.5 Å². The highest BCUT2D eigenvalue weighted by atomic mass is 31.2. The van der Waals surface area contributed by atoms with Crippen molar-refractivity contribution >= 4 is 7.82 Å². The van der Waals surface area contributed by atoms with Crippen LogP contribution in [0.4, 0.5) is 30.7 Å². The van der Waals surface area contributed by atoms with Gasteiger partial charge in [-0.2, -0.15) is 30.7 Å². The van der Waals surface area contributed by atoms with E-state index in [0.29, 0.717) is 19.3 Å². The Morgan fingerprint density at radius 3 is 2.13 bits per heavy atom. The first-order valence-corrected chi connectivity index (χ1v) is 8.21. The van der Waals surface area contributed by atoms with Crippen LogP contribution in [-0.4, -0.2) is 30.7 Å². The minimum Gasteiger partial charge on any atom is -0.756 e. The monoisotopic (exact) mass is 375 g/mol. The molecular weight excluding hydrogens is 360 g/mol. The van der Waals surface area contributed by atoms with Crippen LogP contribution in [0.5, 0.6) is 0 Å². The van der Waals surface area contributed by atoms with Crippen molar-refractivity contribution in [2.45, 2.75) is 62.7 Å².